The number of nitrogens with zero attached hydrogens (tertiary/aromatic N) is 3. The van der Waals surface area contributed by atoms with Crippen molar-refractivity contribution in [2.75, 3.05) is 20.8 Å². The predicted molar refractivity (Wildman–Crippen MR) is 66.5 cm³/mol. The molecule has 1 fully saturated rings. The van der Waals surface area contributed by atoms with Gasteiger partial charge in [-0.3, -0.25) is 15.7 Å². The van der Waals surface area contributed by atoms with Crippen molar-refractivity contribution in [3.63, 3.8) is 0 Å². The summed E-state index contributed by atoms with van der Waals surface area (Å²) in [5.74, 6) is 0. The standard InChI is InChI=1S/C10H20N3O6/c1-4-19-11(14)8-5-6-9(12(15)17-2)10(7-8)13(16)18-3/h8-10H,4-7H2,1-3H3/q-3. The smallest absolute Gasteiger partial charge is 0.0645 e. The van der Waals surface area contributed by atoms with Crippen molar-refractivity contribution < 1.29 is 14.5 Å². The summed E-state index contributed by atoms with van der Waals surface area (Å²) in [6.07, 6.45) is 0.971. The molecule has 1 rings (SSSR count). The summed E-state index contributed by atoms with van der Waals surface area (Å²) in [7, 11) is 2.45. The zero-order valence-electron chi connectivity index (χ0n) is 11.4. The highest BCUT2D eigenvalue weighted by Gasteiger charge is 2.34. The Kier molecular flexibility index (Phi) is 7.07. The monoisotopic (exact) mass is 278 g/mol. The first-order valence-electron chi connectivity index (χ1n) is 6.15. The average Bonchev–Trinajstić information content (AvgIpc) is 2.45. The molecule has 0 radical (unpaired) electrons. The summed E-state index contributed by atoms with van der Waals surface area (Å²) in [5, 5.41) is 36.0. The maximum atomic E-state index is 11.6. The average molecular weight is 278 g/mol. The Hall–Kier alpha value is -0.360. The fraction of sp³-hybridized carbons (Fsp3) is 1.00. The molecule has 0 bridgehead atoms. The lowest BCUT2D eigenvalue weighted by Gasteiger charge is -2.51. The van der Waals surface area contributed by atoms with Crippen molar-refractivity contribution >= 4 is 0 Å². The third kappa shape index (κ3) is 4.31. The zero-order chi connectivity index (χ0) is 14.4. The topological polar surface area (TPSA) is 107 Å². The Labute approximate surface area is 112 Å². The van der Waals surface area contributed by atoms with Crippen LogP contribution in [0.3, 0.4) is 0 Å². The first-order chi connectivity index (χ1) is 9.04. The van der Waals surface area contributed by atoms with Gasteiger partial charge in [-0.1, -0.05) is 0 Å². The maximum absolute atomic E-state index is 11.6. The molecule has 0 N–H and O–H groups in total. The molecule has 0 aromatic carbocycles. The molecule has 0 amide bonds. The molecule has 0 spiro atoms. The van der Waals surface area contributed by atoms with Gasteiger partial charge in [0.05, 0.1) is 20.8 Å². The predicted octanol–water partition coefficient (Wildman–Crippen LogP) is 0.750. The van der Waals surface area contributed by atoms with Gasteiger partial charge in [0.2, 0.25) is 0 Å². The molecule has 0 heterocycles. The highest BCUT2D eigenvalue weighted by atomic mass is 16.9. The third-order valence-electron chi connectivity index (χ3n) is 3.21. The molecule has 3 atom stereocenters. The molecule has 0 aromatic rings. The van der Waals surface area contributed by atoms with Crippen molar-refractivity contribution in [2.24, 2.45) is 0 Å². The third-order valence-corrected chi connectivity index (χ3v) is 3.21. The molecular formula is C10H20N3O6-3. The molecular weight excluding hydrogens is 258 g/mol. The van der Waals surface area contributed by atoms with Gasteiger partial charge >= 0.3 is 0 Å². The first kappa shape index (κ1) is 16.7. The Morgan fingerprint density at radius 2 is 1.53 bits per heavy atom. The van der Waals surface area contributed by atoms with E-state index < -0.39 is 18.1 Å². The minimum absolute atomic E-state index is 0.174. The van der Waals surface area contributed by atoms with Gasteiger partial charge in [0.1, 0.15) is 0 Å². The highest BCUT2D eigenvalue weighted by Crippen LogP contribution is 2.29. The van der Waals surface area contributed by atoms with Crippen LogP contribution < -0.4 is 0 Å². The normalized spacial score (nSPS) is 28.6. The second-order valence-corrected chi connectivity index (χ2v) is 4.24. The molecule has 3 unspecified atom stereocenters. The van der Waals surface area contributed by atoms with Crippen LogP contribution in [0.25, 0.3) is 0 Å². The minimum Gasteiger partial charge on any atom is -0.762 e. The summed E-state index contributed by atoms with van der Waals surface area (Å²) in [4.78, 5) is 14.0. The largest absolute Gasteiger partial charge is 0.762 e. The molecule has 1 saturated carbocycles. The lowest BCUT2D eigenvalue weighted by Crippen LogP contribution is -2.54. The summed E-state index contributed by atoms with van der Waals surface area (Å²) in [6.45, 7) is 1.96. The molecule has 1 aliphatic carbocycles. The van der Waals surface area contributed by atoms with E-state index in [1.54, 1.807) is 6.92 Å². The minimum atomic E-state index is -0.780. The van der Waals surface area contributed by atoms with Gasteiger partial charge in [0.25, 0.3) is 0 Å². The van der Waals surface area contributed by atoms with E-state index in [1.807, 2.05) is 0 Å². The van der Waals surface area contributed by atoms with Gasteiger partial charge in [-0.15, -0.1) is 0 Å². The van der Waals surface area contributed by atoms with Crippen LogP contribution >= 0.6 is 0 Å². The van der Waals surface area contributed by atoms with Gasteiger partial charge in [0, 0.05) is 18.1 Å². The van der Waals surface area contributed by atoms with Gasteiger partial charge < -0.3 is 30.1 Å². The number of hydroxylamine groups is 6. The van der Waals surface area contributed by atoms with Gasteiger partial charge in [0.15, 0.2) is 0 Å². The van der Waals surface area contributed by atoms with Gasteiger partial charge in [-0.25, -0.2) is 0 Å². The van der Waals surface area contributed by atoms with Crippen LogP contribution in [0.15, 0.2) is 0 Å². The van der Waals surface area contributed by atoms with E-state index in [9.17, 15) is 15.6 Å². The van der Waals surface area contributed by atoms with Crippen molar-refractivity contribution in [3.05, 3.63) is 15.6 Å². The Balaban J connectivity index is 2.70. The van der Waals surface area contributed by atoms with Crippen molar-refractivity contribution in [3.8, 4) is 0 Å². The van der Waals surface area contributed by atoms with Gasteiger partial charge in [-0.2, -0.15) is 0 Å². The van der Waals surface area contributed by atoms with E-state index in [0.717, 1.165) is 0 Å². The lowest BCUT2D eigenvalue weighted by molar-refractivity contribution is -0.215. The van der Waals surface area contributed by atoms with E-state index in [-0.39, 0.29) is 13.0 Å². The fourth-order valence-corrected chi connectivity index (χ4v) is 2.28. The van der Waals surface area contributed by atoms with E-state index in [1.165, 1.54) is 14.2 Å². The van der Waals surface area contributed by atoms with Crippen LogP contribution in [0.2, 0.25) is 0 Å². The van der Waals surface area contributed by atoms with E-state index >= 15 is 0 Å². The zero-order valence-corrected chi connectivity index (χ0v) is 11.4. The fourth-order valence-electron chi connectivity index (χ4n) is 2.28. The molecule has 0 saturated heterocycles. The van der Waals surface area contributed by atoms with E-state index in [2.05, 4.69) is 9.68 Å². The molecule has 9 nitrogen and oxygen atoms in total. The van der Waals surface area contributed by atoms with Crippen molar-refractivity contribution in [1.29, 1.82) is 0 Å². The van der Waals surface area contributed by atoms with Crippen LogP contribution in [0, 0.1) is 15.6 Å². The molecule has 9 heteroatoms. The second-order valence-electron chi connectivity index (χ2n) is 4.24. The quantitative estimate of drug-likeness (QED) is 0.623. The van der Waals surface area contributed by atoms with Crippen molar-refractivity contribution in [2.45, 2.75) is 44.3 Å². The summed E-state index contributed by atoms with van der Waals surface area (Å²) >= 11 is 0. The summed E-state index contributed by atoms with van der Waals surface area (Å²) in [6, 6.07) is -1.93. The van der Waals surface area contributed by atoms with Crippen LogP contribution in [0.5, 0.6) is 0 Å². The SMILES string of the molecule is CCON([O-])C1CCC(N([O-])OC)C(N([O-])OC)C1. The molecule has 114 valence electrons. The first-order valence-corrected chi connectivity index (χ1v) is 6.15. The number of hydrogen-bond donors (Lipinski definition) is 0. The van der Waals surface area contributed by atoms with E-state index in [4.69, 9.17) is 4.84 Å². The summed E-state index contributed by atoms with van der Waals surface area (Å²) in [5.41, 5.74) is 0. The van der Waals surface area contributed by atoms with Crippen LogP contribution in [0.4, 0.5) is 0 Å². The Morgan fingerprint density at radius 1 is 0.947 bits per heavy atom. The van der Waals surface area contributed by atoms with E-state index in [0.29, 0.717) is 28.5 Å². The Morgan fingerprint density at radius 3 is 2.05 bits per heavy atom. The second kappa shape index (κ2) is 8.04. The molecule has 1 aliphatic rings. The number of hydrogen-bond acceptors (Lipinski definition) is 9. The van der Waals surface area contributed by atoms with Crippen LogP contribution in [0.1, 0.15) is 26.2 Å². The molecule has 0 aromatic heterocycles. The van der Waals surface area contributed by atoms with Crippen molar-refractivity contribution in [1.82, 2.24) is 15.7 Å². The molecule has 19 heavy (non-hydrogen) atoms. The summed E-state index contributed by atoms with van der Waals surface area (Å²) < 4.78 is 0. The Bertz CT molecular complexity index is 259. The molecule has 0 aliphatic heterocycles. The lowest BCUT2D eigenvalue weighted by atomic mass is 9.87. The highest BCUT2D eigenvalue weighted by molar-refractivity contribution is 4.92. The maximum Gasteiger partial charge on any atom is 0.0645 e. The van der Waals surface area contributed by atoms with Gasteiger partial charge in [-0.05, 0) is 26.2 Å². The van der Waals surface area contributed by atoms with Crippen LogP contribution in [-0.2, 0) is 14.5 Å². The number of rotatable bonds is 7. The van der Waals surface area contributed by atoms with Crippen LogP contribution in [-0.4, -0.2) is 54.6 Å².